The Labute approximate surface area is 104 Å². The molecule has 0 radical (unpaired) electrons. The van der Waals surface area contributed by atoms with Crippen molar-refractivity contribution in [3.05, 3.63) is 0 Å². The van der Waals surface area contributed by atoms with Crippen molar-refractivity contribution in [1.82, 2.24) is 14.3 Å². The van der Waals surface area contributed by atoms with Gasteiger partial charge in [-0.25, -0.2) is 0 Å². The first-order valence-electron chi connectivity index (χ1n) is 6.60. The highest BCUT2D eigenvalue weighted by molar-refractivity contribution is 7.87. The van der Waals surface area contributed by atoms with E-state index >= 15 is 0 Å². The summed E-state index contributed by atoms with van der Waals surface area (Å²) in [4.78, 5) is 0. The van der Waals surface area contributed by atoms with Gasteiger partial charge in [0.2, 0.25) is 0 Å². The molecular weight excluding hydrogens is 238 g/mol. The van der Waals surface area contributed by atoms with Crippen molar-refractivity contribution in [3.8, 4) is 0 Å². The molecule has 1 saturated heterocycles. The Bertz CT molecular complexity index is 333. The van der Waals surface area contributed by atoms with Crippen molar-refractivity contribution >= 4 is 10.2 Å². The first kappa shape index (κ1) is 13.3. The highest BCUT2D eigenvalue weighted by Gasteiger charge is 2.33. The van der Waals surface area contributed by atoms with Crippen LogP contribution in [0.1, 0.15) is 32.6 Å². The minimum absolute atomic E-state index is 0.208. The van der Waals surface area contributed by atoms with Gasteiger partial charge in [-0.1, -0.05) is 6.92 Å². The smallest absolute Gasteiger partial charge is 0.279 e. The van der Waals surface area contributed by atoms with Gasteiger partial charge in [0.1, 0.15) is 0 Å². The van der Waals surface area contributed by atoms with E-state index in [1.54, 1.807) is 4.31 Å². The molecule has 0 bridgehead atoms. The molecule has 0 amide bonds. The fraction of sp³-hybridized carbons (Fsp3) is 1.00. The van der Waals surface area contributed by atoms with E-state index in [-0.39, 0.29) is 6.04 Å². The van der Waals surface area contributed by atoms with Gasteiger partial charge in [0.05, 0.1) is 0 Å². The minimum atomic E-state index is -3.20. The summed E-state index contributed by atoms with van der Waals surface area (Å²) in [5.74, 6) is 0.627. The predicted octanol–water partition coefficient (Wildman–Crippen LogP) is 0.305. The fourth-order valence-electron chi connectivity index (χ4n) is 2.19. The Morgan fingerprint density at radius 3 is 2.35 bits per heavy atom. The molecule has 0 aromatic rings. The average Bonchev–Trinajstić information content (AvgIpc) is 3.10. The molecule has 0 atom stereocenters. The maximum absolute atomic E-state index is 12.0. The van der Waals surface area contributed by atoms with Crippen LogP contribution in [0.5, 0.6) is 0 Å². The van der Waals surface area contributed by atoms with Crippen LogP contribution in [0, 0.1) is 5.92 Å². The maximum Gasteiger partial charge on any atom is 0.279 e. The molecule has 1 heterocycles. The van der Waals surface area contributed by atoms with Crippen molar-refractivity contribution < 1.29 is 8.42 Å². The van der Waals surface area contributed by atoms with Crippen LogP contribution >= 0.6 is 0 Å². The average molecular weight is 261 g/mol. The van der Waals surface area contributed by atoms with E-state index in [2.05, 4.69) is 17.0 Å². The Balaban J connectivity index is 1.77. The molecule has 17 heavy (non-hydrogen) atoms. The summed E-state index contributed by atoms with van der Waals surface area (Å²) in [6.45, 7) is 5.43. The molecule has 0 aromatic heterocycles. The summed E-state index contributed by atoms with van der Waals surface area (Å²) in [7, 11) is -3.20. The molecule has 1 saturated carbocycles. The summed E-state index contributed by atoms with van der Waals surface area (Å²) in [5, 5.41) is 3.33. The largest absolute Gasteiger partial charge is 0.317 e. The van der Waals surface area contributed by atoms with Gasteiger partial charge in [-0.15, -0.1) is 0 Å². The summed E-state index contributed by atoms with van der Waals surface area (Å²) in [6, 6.07) is 0.208. The van der Waals surface area contributed by atoms with Gasteiger partial charge < -0.3 is 5.32 Å². The van der Waals surface area contributed by atoms with Crippen molar-refractivity contribution in [2.45, 2.75) is 38.6 Å². The molecule has 1 aliphatic carbocycles. The summed E-state index contributed by atoms with van der Waals surface area (Å²) < 4.78 is 28.3. The predicted molar refractivity (Wildman–Crippen MR) is 67.9 cm³/mol. The molecule has 0 aromatic carbocycles. The molecule has 2 rings (SSSR count). The molecule has 0 unspecified atom stereocenters. The van der Waals surface area contributed by atoms with Crippen LogP contribution in [0.2, 0.25) is 0 Å². The lowest BCUT2D eigenvalue weighted by molar-refractivity contribution is 0.266. The first-order chi connectivity index (χ1) is 8.12. The fourth-order valence-corrected chi connectivity index (χ4v) is 3.69. The van der Waals surface area contributed by atoms with Crippen LogP contribution in [0.25, 0.3) is 0 Å². The van der Waals surface area contributed by atoms with Crippen molar-refractivity contribution in [1.29, 1.82) is 0 Å². The Kier molecular flexibility index (Phi) is 4.41. The van der Waals surface area contributed by atoms with Gasteiger partial charge in [-0.05, 0) is 44.7 Å². The van der Waals surface area contributed by atoms with E-state index in [1.807, 2.05) is 0 Å². The molecular formula is C11H23N3O2S. The number of hydrogen-bond acceptors (Lipinski definition) is 3. The topological polar surface area (TPSA) is 61.4 Å². The van der Waals surface area contributed by atoms with Gasteiger partial charge in [0, 0.05) is 19.1 Å². The lowest BCUT2D eigenvalue weighted by atomic mass is 9.98. The second-order valence-corrected chi connectivity index (χ2v) is 6.75. The third-order valence-electron chi connectivity index (χ3n) is 3.49. The van der Waals surface area contributed by atoms with Gasteiger partial charge in [0.25, 0.3) is 10.2 Å². The maximum atomic E-state index is 12.0. The second-order valence-electron chi connectivity index (χ2n) is 5.05. The monoisotopic (exact) mass is 261 g/mol. The van der Waals surface area contributed by atoms with E-state index < -0.39 is 10.2 Å². The SMILES string of the molecule is CCNCC1CCN(S(=O)(=O)NC2CC2)CC1. The molecule has 6 heteroatoms. The van der Waals surface area contributed by atoms with Gasteiger partial charge in [0.15, 0.2) is 0 Å². The lowest BCUT2D eigenvalue weighted by Gasteiger charge is -2.31. The molecule has 2 fully saturated rings. The Hall–Kier alpha value is -0.170. The summed E-state index contributed by atoms with van der Waals surface area (Å²) in [5.41, 5.74) is 0. The molecule has 100 valence electrons. The third-order valence-corrected chi connectivity index (χ3v) is 5.17. The second kappa shape index (κ2) is 5.65. The van der Waals surface area contributed by atoms with E-state index in [0.29, 0.717) is 19.0 Å². The highest BCUT2D eigenvalue weighted by Crippen LogP contribution is 2.23. The molecule has 0 spiro atoms. The highest BCUT2D eigenvalue weighted by atomic mass is 32.2. The van der Waals surface area contributed by atoms with Crippen LogP contribution in [-0.4, -0.2) is 44.9 Å². The third kappa shape index (κ3) is 3.91. The number of rotatable bonds is 6. The molecule has 2 N–H and O–H groups in total. The number of hydrogen-bond donors (Lipinski definition) is 2. The lowest BCUT2D eigenvalue weighted by Crippen LogP contribution is -2.46. The normalized spacial score (nSPS) is 24.1. The Morgan fingerprint density at radius 2 is 1.82 bits per heavy atom. The van der Waals surface area contributed by atoms with Crippen molar-refractivity contribution in [2.24, 2.45) is 5.92 Å². The van der Waals surface area contributed by atoms with E-state index in [4.69, 9.17) is 0 Å². The molecule has 2 aliphatic rings. The van der Waals surface area contributed by atoms with Crippen LogP contribution in [-0.2, 0) is 10.2 Å². The van der Waals surface area contributed by atoms with E-state index in [1.165, 1.54) is 0 Å². The Morgan fingerprint density at radius 1 is 1.18 bits per heavy atom. The summed E-state index contributed by atoms with van der Waals surface area (Å²) in [6.07, 6.45) is 3.93. The zero-order chi connectivity index (χ0) is 12.3. The molecule has 5 nitrogen and oxygen atoms in total. The zero-order valence-corrected chi connectivity index (χ0v) is 11.3. The van der Waals surface area contributed by atoms with E-state index in [0.717, 1.165) is 38.8 Å². The number of nitrogens with zero attached hydrogens (tertiary/aromatic N) is 1. The number of nitrogens with one attached hydrogen (secondary N) is 2. The van der Waals surface area contributed by atoms with Crippen LogP contribution in [0.4, 0.5) is 0 Å². The van der Waals surface area contributed by atoms with Crippen LogP contribution in [0.3, 0.4) is 0 Å². The van der Waals surface area contributed by atoms with Gasteiger partial charge in [-0.3, -0.25) is 0 Å². The van der Waals surface area contributed by atoms with Crippen LogP contribution in [0.15, 0.2) is 0 Å². The van der Waals surface area contributed by atoms with Crippen LogP contribution < -0.4 is 10.0 Å². The van der Waals surface area contributed by atoms with Crippen molar-refractivity contribution in [3.63, 3.8) is 0 Å². The minimum Gasteiger partial charge on any atom is -0.317 e. The quantitative estimate of drug-likeness (QED) is 0.723. The first-order valence-corrected chi connectivity index (χ1v) is 8.04. The van der Waals surface area contributed by atoms with Crippen molar-refractivity contribution in [2.75, 3.05) is 26.2 Å². The summed E-state index contributed by atoms with van der Waals surface area (Å²) >= 11 is 0. The zero-order valence-electron chi connectivity index (χ0n) is 10.5. The van der Waals surface area contributed by atoms with E-state index in [9.17, 15) is 8.42 Å². The standard InChI is InChI=1S/C11H23N3O2S/c1-2-12-9-10-5-7-14(8-6-10)17(15,16)13-11-3-4-11/h10-13H,2-9H2,1H3. The van der Waals surface area contributed by atoms with Gasteiger partial charge >= 0.3 is 0 Å². The number of piperidine rings is 1. The molecule has 1 aliphatic heterocycles. The van der Waals surface area contributed by atoms with Gasteiger partial charge in [-0.2, -0.15) is 17.4 Å².